The number of nitrogens with one attached hydrogen (secondary N) is 1. The Morgan fingerprint density at radius 1 is 1.32 bits per heavy atom. The molecule has 5 heteroatoms. The molecule has 0 aliphatic carbocycles. The quantitative estimate of drug-likeness (QED) is 0.909. The lowest BCUT2D eigenvalue weighted by Crippen LogP contribution is -2.35. The van der Waals surface area contributed by atoms with E-state index in [2.05, 4.69) is 5.32 Å². The average molecular weight is 295 g/mol. The molecular weight excluding hydrogens is 280 g/mol. The van der Waals surface area contributed by atoms with E-state index in [1.54, 1.807) is 6.07 Å². The fraction of sp³-hybridized carbons (Fsp3) is 0.214. The van der Waals surface area contributed by atoms with Gasteiger partial charge in [0.1, 0.15) is 6.04 Å². The van der Waals surface area contributed by atoms with Gasteiger partial charge in [-0.25, -0.2) is 0 Å². The van der Waals surface area contributed by atoms with Crippen LogP contribution in [-0.2, 0) is 4.79 Å². The third kappa shape index (κ3) is 3.35. The van der Waals surface area contributed by atoms with Crippen molar-refractivity contribution in [2.75, 3.05) is 0 Å². The van der Waals surface area contributed by atoms with Crippen molar-refractivity contribution in [3.63, 3.8) is 0 Å². The van der Waals surface area contributed by atoms with Crippen molar-refractivity contribution in [3.8, 4) is 0 Å². The van der Waals surface area contributed by atoms with Crippen molar-refractivity contribution in [1.29, 1.82) is 0 Å². The molecule has 2 atom stereocenters. The minimum absolute atomic E-state index is 0.174. The Kier molecular flexibility index (Phi) is 4.58. The molecule has 0 fully saturated rings. The lowest BCUT2D eigenvalue weighted by Gasteiger charge is -2.18. The highest BCUT2D eigenvalue weighted by atomic mass is 35.5. The van der Waals surface area contributed by atoms with Gasteiger partial charge in [0.25, 0.3) is 0 Å². The van der Waals surface area contributed by atoms with Crippen LogP contribution in [0.5, 0.6) is 0 Å². The molecule has 0 radical (unpaired) electrons. The number of hydrogen-bond acceptors (Lipinski definition) is 3. The number of thiophene rings is 1. The van der Waals surface area contributed by atoms with Gasteiger partial charge in [-0.1, -0.05) is 35.9 Å². The molecule has 2 rings (SSSR count). The van der Waals surface area contributed by atoms with Gasteiger partial charge in [-0.3, -0.25) is 4.79 Å². The summed E-state index contributed by atoms with van der Waals surface area (Å²) >= 11 is 7.57. The van der Waals surface area contributed by atoms with Crippen LogP contribution in [-0.4, -0.2) is 5.91 Å². The van der Waals surface area contributed by atoms with Crippen LogP contribution in [0.4, 0.5) is 0 Å². The molecule has 1 amide bonds. The minimum Gasteiger partial charge on any atom is -0.348 e. The maximum atomic E-state index is 12.1. The molecule has 2 aromatic rings. The smallest absolute Gasteiger partial charge is 0.242 e. The third-order valence-corrected chi connectivity index (χ3v) is 4.16. The molecule has 1 heterocycles. The maximum Gasteiger partial charge on any atom is 0.242 e. The summed E-state index contributed by atoms with van der Waals surface area (Å²) < 4.78 is 0. The van der Waals surface area contributed by atoms with Crippen LogP contribution in [0, 0.1) is 0 Å². The molecular formula is C14H15ClN2OS. The first-order valence-corrected chi connectivity index (χ1v) is 7.19. The number of carbonyl (C=O) groups is 1. The van der Waals surface area contributed by atoms with Gasteiger partial charge in [-0.15, -0.1) is 11.3 Å². The zero-order chi connectivity index (χ0) is 13.8. The van der Waals surface area contributed by atoms with E-state index < -0.39 is 6.04 Å². The highest BCUT2D eigenvalue weighted by molar-refractivity contribution is 7.10. The van der Waals surface area contributed by atoms with Crippen LogP contribution < -0.4 is 11.1 Å². The lowest BCUT2D eigenvalue weighted by atomic mass is 10.1. The monoisotopic (exact) mass is 294 g/mol. The van der Waals surface area contributed by atoms with Crippen molar-refractivity contribution in [2.45, 2.75) is 19.0 Å². The van der Waals surface area contributed by atoms with Crippen molar-refractivity contribution >= 4 is 28.8 Å². The van der Waals surface area contributed by atoms with Crippen molar-refractivity contribution in [1.82, 2.24) is 5.32 Å². The van der Waals surface area contributed by atoms with E-state index in [4.69, 9.17) is 17.3 Å². The number of carbonyl (C=O) groups excluding carboxylic acids is 1. The number of halogens is 1. The Bertz CT molecular complexity index is 556. The molecule has 0 spiro atoms. The number of rotatable bonds is 4. The molecule has 0 aliphatic heterocycles. The maximum absolute atomic E-state index is 12.1. The number of benzene rings is 1. The van der Waals surface area contributed by atoms with Crippen molar-refractivity contribution in [3.05, 3.63) is 57.2 Å². The topological polar surface area (TPSA) is 55.1 Å². The molecule has 0 saturated heterocycles. The van der Waals surface area contributed by atoms with Gasteiger partial charge in [0.05, 0.1) is 6.04 Å². The minimum atomic E-state index is -0.634. The van der Waals surface area contributed by atoms with Gasteiger partial charge >= 0.3 is 0 Å². The van der Waals surface area contributed by atoms with Crippen LogP contribution in [0.15, 0.2) is 41.8 Å². The molecule has 1 aromatic heterocycles. The molecule has 0 bridgehead atoms. The molecule has 19 heavy (non-hydrogen) atoms. The largest absolute Gasteiger partial charge is 0.348 e. The Balaban J connectivity index is 2.05. The van der Waals surface area contributed by atoms with Gasteiger partial charge < -0.3 is 11.1 Å². The van der Waals surface area contributed by atoms with E-state index in [0.717, 1.165) is 10.4 Å². The fourth-order valence-electron chi connectivity index (χ4n) is 1.80. The normalized spacial score (nSPS) is 13.8. The second-order valence-corrected chi connectivity index (χ2v) is 5.63. The summed E-state index contributed by atoms with van der Waals surface area (Å²) in [5, 5.41) is 5.42. The molecule has 0 aliphatic rings. The van der Waals surface area contributed by atoms with Gasteiger partial charge in [-0.05, 0) is 30.0 Å². The van der Waals surface area contributed by atoms with Crippen LogP contribution >= 0.6 is 22.9 Å². The van der Waals surface area contributed by atoms with Crippen LogP contribution in [0.25, 0.3) is 0 Å². The molecule has 3 nitrogen and oxygen atoms in total. The van der Waals surface area contributed by atoms with Crippen LogP contribution in [0.3, 0.4) is 0 Å². The average Bonchev–Trinajstić information content (AvgIpc) is 2.92. The second-order valence-electron chi connectivity index (χ2n) is 4.24. The number of nitrogens with two attached hydrogens (primary N) is 1. The molecule has 100 valence electrons. The molecule has 3 N–H and O–H groups in total. The van der Waals surface area contributed by atoms with E-state index in [1.807, 2.05) is 42.6 Å². The van der Waals surface area contributed by atoms with E-state index in [9.17, 15) is 4.79 Å². The van der Waals surface area contributed by atoms with E-state index in [0.29, 0.717) is 5.02 Å². The first kappa shape index (κ1) is 14.1. The summed E-state index contributed by atoms with van der Waals surface area (Å²) in [6, 6.07) is 10.4. The number of hydrogen-bond donors (Lipinski definition) is 2. The molecule has 0 saturated carbocycles. The SMILES string of the molecule is C[C@@H](NC(=O)C(N)c1cccs1)c1ccccc1Cl. The number of amides is 1. The van der Waals surface area contributed by atoms with E-state index in [-0.39, 0.29) is 11.9 Å². The summed E-state index contributed by atoms with van der Waals surface area (Å²) in [5.41, 5.74) is 6.80. The Morgan fingerprint density at radius 3 is 2.68 bits per heavy atom. The summed E-state index contributed by atoms with van der Waals surface area (Å²) in [6.07, 6.45) is 0. The molecule has 1 unspecified atom stereocenters. The highest BCUT2D eigenvalue weighted by Gasteiger charge is 2.19. The highest BCUT2D eigenvalue weighted by Crippen LogP contribution is 2.23. The van der Waals surface area contributed by atoms with Crippen LogP contribution in [0.1, 0.15) is 29.4 Å². The lowest BCUT2D eigenvalue weighted by molar-refractivity contribution is -0.123. The summed E-state index contributed by atoms with van der Waals surface area (Å²) in [5.74, 6) is -0.199. The van der Waals surface area contributed by atoms with Crippen LogP contribution in [0.2, 0.25) is 5.02 Å². The first-order valence-electron chi connectivity index (χ1n) is 5.93. The first-order chi connectivity index (χ1) is 9.09. The van der Waals surface area contributed by atoms with Gasteiger partial charge in [0.15, 0.2) is 0 Å². The van der Waals surface area contributed by atoms with E-state index >= 15 is 0 Å². The Labute approximate surface area is 121 Å². The summed E-state index contributed by atoms with van der Waals surface area (Å²) in [7, 11) is 0. The van der Waals surface area contributed by atoms with Crippen molar-refractivity contribution < 1.29 is 4.79 Å². The summed E-state index contributed by atoms with van der Waals surface area (Å²) in [4.78, 5) is 12.9. The zero-order valence-corrected chi connectivity index (χ0v) is 12.0. The predicted octanol–water partition coefficient (Wildman–Crippen LogP) is 3.28. The van der Waals surface area contributed by atoms with Gasteiger partial charge in [0.2, 0.25) is 5.91 Å². The summed E-state index contributed by atoms with van der Waals surface area (Å²) in [6.45, 7) is 1.89. The molecule has 1 aromatic carbocycles. The second kappa shape index (κ2) is 6.19. The zero-order valence-electron chi connectivity index (χ0n) is 10.5. The predicted molar refractivity (Wildman–Crippen MR) is 79.3 cm³/mol. The van der Waals surface area contributed by atoms with Gasteiger partial charge in [0, 0.05) is 9.90 Å². The third-order valence-electron chi connectivity index (χ3n) is 2.86. The fourth-order valence-corrected chi connectivity index (χ4v) is 2.83. The Morgan fingerprint density at radius 2 is 2.05 bits per heavy atom. The van der Waals surface area contributed by atoms with Crippen molar-refractivity contribution in [2.24, 2.45) is 5.73 Å². The van der Waals surface area contributed by atoms with Gasteiger partial charge in [-0.2, -0.15) is 0 Å². The Hall–Kier alpha value is -1.36. The van der Waals surface area contributed by atoms with E-state index in [1.165, 1.54) is 11.3 Å². The standard InChI is InChI=1S/C14H15ClN2OS/c1-9(10-5-2-3-6-11(10)15)17-14(18)13(16)12-7-4-8-19-12/h2-9,13H,16H2,1H3,(H,17,18)/t9-,13?/m1/s1.